The second-order valence-electron chi connectivity index (χ2n) is 5.35. The minimum Gasteiger partial charge on any atom is -0.333 e. The van der Waals surface area contributed by atoms with Crippen molar-refractivity contribution in [2.45, 2.75) is 12.5 Å². The van der Waals surface area contributed by atoms with Gasteiger partial charge in [-0.3, -0.25) is 4.79 Å². The zero-order valence-corrected chi connectivity index (χ0v) is 13.1. The molecule has 6 heteroatoms. The molecule has 1 fully saturated rings. The van der Waals surface area contributed by atoms with Crippen molar-refractivity contribution in [1.29, 1.82) is 0 Å². The van der Waals surface area contributed by atoms with Crippen LogP contribution in [-0.4, -0.2) is 24.5 Å². The maximum Gasteiger partial charge on any atom is 0.319 e. The van der Waals surface area contributed by atoms with Crippen LogP contribution < -0.4 is 15.5 Å². The Morgan fingerprint density at radius 3 is 2.48 bits per heavy atom. The molecule has 0 bridgehead atoms. The Bertz CT molecular complexity index is 704. The Balaban J connectivity index is 1.57. The van der Waals surface area contributed by atoms with Crippen LogP contribution in [0.25, 0.3) is 0 Å². The molecule has 0 aliphatic carbocycles. The van der Waals surface area contributed by atoms with Gasteiger partial charge in [0, 0.05) is 29.4 Å². The standard InChI is InChI=1S/C17H16ClN3O2/c18-12-6-8-13(9-7-12)19-17(23)20-14-10-16(22)21(11-14)15-4-2-1-3-5-15/h1-9,14H,10-11H2,(H2,19,20,23)/t14-/m1/s1. The quantitative estimate of drug-likeness (QED) is 0.908. The lowest BCUT2D eigenvalue weighted by Crippen LogP contribution is -2.39. The van der Waals surface area contributed by atoms with E-state index in [1.807, 2.05) is 30.3 Å². The number of urea groups is 1. The van der Waals surface area contributed by atoms with Gasteiger partial charge < -0.3 is 15.5 Å². The number of carbonyl (C=O) groups excluding carboxylic acids is 2. The monoisotopic (exact) mass is 329 g/mol. The molecule has 1 saturated heterocycles. The van der Waals surface area contributed by atoms with Gasteiger partial charge in [0.25, 0.3) is 0 Å². The SMILES string of the molecule is O=C(Nc1ccc(Cl)cc1)N[C@@H]1CC(=O)N(c2ccccc2)C1. The van der Waals surface area contributed by atoms with E-state index in [0.29, 0.717) is 23.7 Å². The summed E-state index contributed by atoms with van der Waals surface area (Å²) in [4.78, 5) is 25.8. The largest absolute Gasteiger partial charge is 0.333 e. The molecule has 3 amide bonds. The van der Waals surface area contributed by atoms with Gasteiger partial charge >= 0.3 is 6.03 Å². The first-order valence-electron chi connectivity index (χ1n) is 7.30. The van der Waals surface area contributed by atoms with E-state index in [-0.39, 0.29) is 18.0 Å². The van der Waals surface area contributed by atoms with Crippen molar-refractivity contribution in [3.63, 3.8) is 0 Å². The van der Waals surface area contributed by atoms with Crippen LogP contribution in [0.4, 0.5) is 16.2 Å². The summed E-state index contributed by atoms with van der Waals surface area (Å²) < 4.78 is 0. The van der Waals surface area contributed by atoms with Gasteiger partial charge in [0.15, 0.2) is 0 Å². The summed E-state index contributed by atoms with van der Waals surface area (Å²) in [6.45, 7) is 0.469. The van der Waals surface area contributed by atoms with Crippen molar-refractivity contribution in [1.82, 2.24) is 5.32 Å². The number of carbonyl (C=O) groups is 2. The molecular weight excluding hydrogens is 314 g/mol. The van der Waals surface area contributed by atoms with Crippen molar-refractivity contribution in [3.8, 4) is 0 Å². The molecule has 1 aliphatic heterocycles. The first-order chi connectivity index (χ1) is 11.1. The Kier molecular flexibility index (Phi) is 4.48. The molecule has 0 spiro atoms. The normalized spacial score (nSPS) is 17.2. The average molecular weight is 330 g/mol. The van der Waals surface area contributed by atoms with Gasteiger partial charge in [-0.15, -0.1) is 0 Å². The summed E-state index contributed by atoms with van der Waals surface area (Å²) in [5, 5.41) is 6.16. The minimum atomic E-state index is -0.333. The molecule has 2 aromatic carbocycles. The summed E-state index contributed by atoms with van der Waals surface area (Å²) in [7, 11) is 0. The van der Waals surface area contributed by atoms with Crippen LogP contribution >= 0.6 is 11.6 Å². The van der Waals surface area contributed by atoms with Gasteiger partial charge in [-0.05, 0) is 36.4 Å². The van der Waals surface area contributed by atoms with Gasteiger partial charge in [0.2, 0.25) is 5.91 Å². The Labute approximate surface area is 139 Å². The van der Waals surface area contributed by atoms with E-state index in [9.17, 15) is 9.59 Å². The summed E-state index contributed by atoms with van der Waals surface area (Å²) in [6, 6.07) is 15.7. The fourth-order valence-corrected chi connectivity index (χ4v) is 2.67. The number of halogens is 1. The first-order valence-corrected chi connectivity index (χ1v) is 7.68. The van der Waals surface area contributed by atoms with Crippen molar-refractivity contribution < 1.29 is 9.59 Å². The fraction of sp³-hybridized carbons (Fsp3) is 0.176. The van der Waals surface area contributed by atoms with Crippen LogP contribution in [-0.2, 0) is 4.79 Å². The van der Waals surface area contributed by atoms with Crippen LogP contribution in [0.15, 0.2) is 54.6 Å². The number of anilines is 2. The van der Waals surface area contributed by atoms with Crippen molar-refractivity contribution in [3.05, 3.63) is 59.6 Å². The van der Waals surface area contributed by atoms with E-state index >= 15 is 0 Å². The smallest absolute Gasteiger partial charge is 0.319 e. The van der Waals surface area contributed by atoms with E-state index in [1.165, 1.54) is 0 Å². The minimum absolute atomic E-state index is 0.00740. The predicted molar refractivity (Wildman–Crippen MR) is 90.8 cm³/mol. The number of nitrogens with zero attached hydrogens (tertiary/aromatic N) is 1. The van der Waals surface area contributed by atoms with Crippen LogP contribution in [0, 0.1) is 0 Å². The highest BCUT2D eigenvalue weighted by Gasteiger charge is 2.31. The third-order valence-electron chi connectivity index (χ3n) is 3.63. The molecule has 2 N–H and O–H groups in total. The van der Waals surface area contributed by atoms with E-state index in [4.69, 9.17) is 11.6 Å². The van der Waals surface area contributed by atoms with E-state index in [2.05, 4.69) is 10.6 Å². The number of hydrogen-bond acceptors (Lipinski definition) is 2. The Hall–Kier alpha value is -2.53. The Morgan fingerprint density at radius 1 is 1.09 bits per heavy atom. The summed E-state index contributed by atoms with van der Waals surface area (Å²) >= 11 is 5.80. The number of para-hydroxylation sites is 1. The lowest BCUT2D eigenvalue weighted by Gasteiger charge is -2.17. The molecule has 1 aliphatic rings. The highest BCUT2D eigenvalue weighted by atomic mass is 35.5. The highest BCUT2D eigenvalue weighted by molar-refractivity contribution is 6.30. The second kappa shape index (κ2) is 6.71. The molecule has 5 nitrogen and oxygen atoms in total. The third-order valence-corrected chi connectivity index (χ3v) is 3.88. The fourth-order valence-electron chi connectivity index (χ4n) is 2.55. The Morgan fingerprint density at radius 2 is 1.78 bits per heavy atom. The molecule has 0 aromatic heterocycles. The van der Waals surface area contributed by atoms with Gasteiger partial charge in [-0.25, -0.2) is 4.79 Å². The lowest BCUT2D eigenvalue weighted by atomic mass is 10.2. The molecule has 1 atom stereocenters. The molecule has 0 unspecified atom stereocenters. The lowest BCUT2D eigenvalue weighted by molar-refractivity contribution is -0.117. The van der Waals surface area contributed by atoms with Crippen molar-refractivity contribution in [2.24, 2.45) is 0 Å². The molecule has 3 rings (SSSR count). The van der Waals surface area contributed by atoms with Crippen molar-refractivity contribution in [2.75, 3.05) is 16.8 Å². The summed E-state index contributed by atoms with van der Waals surface area (Å²) in [5.41, 5.74) is 1.50. The first kappa shape index (κ1) is 15.4. The molecule has 0 radical (unpaired) electrons. The van der Waals surface area contributed by atoms with Crippen LogP contribution in [0.2, 0.25) is 5.02 Å². The van der Waals surface area contributed by atoms with Gasteiger partial charge in [0.1, 0.15) is 0 Å². The predicted octanol–water partition coefficient (Wildman–Crippen LogP) is 3.27. The molecule has 1 heterocycles. The number of rotatable bonds is 3. The highest BCUT2D eigenvalue weighted by Crippen LogP contribution is 2.21. The van der Waals surface area contributed by atoms with Crippen LogP contribution in [0.5, 0.6) is 0 Å². The van der Waals surface area contributed by atoms with Crippen LogP contribution in [0.3, 0.4) is 0 Å². The number of benzene rings is 2. The van der Waals surface area contributed by atoms with Gasteiger partial charge in [0.05, 0.1) is 6.04 Å². The molecule has 0 saturated carbocycles. The zero-order chi connectivity index (χ0) is 16.2. The van der Waals surface area contributed by atoms with Crippen molar-refractivity contribution >= 4 is 34.9 Å². The second-order valence-corrected chi connectivity index (χ2v) is 5.78. The number of hydrogen-bond donors (Lipinski definition) is 2. The maximum absolute atomic E-state index is 12.1. The number of nitrogens with one attached hydrogen (secondary N) is 2. The van der Waals surface area contributed by atoms with Gasteiger partial charge in [-0.2, -0.15) is 0 Å². The molecular formula is C17H16ClN3O2. The van der Waals surface area contributed by atoms with Gasteiger partial charge in [-0.1, -0.05) is 29.8 Å². The summed E-state index contributed by atoms with van der Waals surface area (Å²) in [5.74, 6) is 0.00740. The average Bonchev–Trinajstić information content (AvgIpc) is 2.91. The summed E-state index contributed by atoms with van der Waals surface area (Å²) in [6.07, 6.45) is 0.295. The van der Waals surface area contributed by atoms with E-state index < -0.39 is 0 Å². The topological polar surface area (TPSA) is 61.4 Å². The zero-order valence-electron chi connectivity index (χ0n) is 12.3. The molecule has 118 valence electrons. The van der Waals surface area contributed by atoms with E-state index in [1.54, 1.807) is 29.2 Å². The molecule has 23 heavy (non-hydrogen) atoms. The number of amides is 3. The third kappa shape index (κ3) is 3.81. The van der Waals surface area contributed by atoms with E-state index in [0.717, 1.165) is 5.69 Å². The maximum atomic E-state index is 12.1. The molecule has 2 aromatic rings. The van der Waals surface area contributed by atoms with Crippen LogP contribution in [0.1, 0.15) is 6.42 Å².